The van der Waals surface area contributed by atoms with Crippen LogP contribution in [-0.2, 0) is 11.2 Å². The maximum absolute atomic E-state index is 12.4. The van der Waals surface area contributed by atoms with Gasteiger partial charge < -0.3 is 10.0 Å². The fourth-order valence-electron chi connectivity index (χ4n) is 1.85. The Morgan fingerprint density at radius 1 is 1.37 bits per heavy atom. The van der Waals surface area contributed by atoms with Gasteiger partial charge in [0.15, 0.2) is 0 Å². The minimum Gasteiger partial charge on any atom is -0.481 e. The molecular formula is C15H17NO3. The first-order chi connectivity index (χ1) is 9.10. The predicted molar refractivity (Wildman–Crippen MR) is 72.8 cm³/mol. The van der Waals surface area contributed by atoms with Crippen LogP contribution in [0.4, 0.5) is 0 Å². The highest BCUT2D eigenvalue weighted by Crippen LogP contribution is 2.13. The van der Waals surface area contributed by atoms with Crippen LogP contribution >= 0.6 is 0 Å². The predicted octanol–water partition coefficient (Wildman–Crippen LogP) is 1.80. The Labute approximate surface area is 113 Å². The number of carboxylic acid groups (broad SMARTS) is 1. The lowest BCUT2D eigenvalue weighted by Gasteiger charge is -2.20. The van der Waals surface area contributed by atoms with E-state index in [4.69, 9.17) is 11.5 Å². The van der Waals surface area contributed by atoms with Crippen molar-refractivity contribution in [2.45, 2.75) is 19.8 Å². The summed E-state index contributed by atoms with van der Waals surface area (Å²) in [6.45, 7) is 2.75. The first-order valence-corrected chi connectivity index (χ1v) is 6.12. The minimum atomic E-state index is -0.959. The highest BCUT2D eigenvalue weighted by Gasteiger charge is 2.18. The fourth-order valence-corrected chi connectivity index (χ4v) is 1.85. The van der Waals surface area contributed by atoms with Crippen molar-refractivity contribution >= 4 is 11.9 Å². The van der Waals surface area contributed by atoms with Crippen LogP contribution in [-0.4, -0.2) is 35.0 Å². The summed E-state index contributed by atoms with van der Waals surface area (Å²) in [5.74, 6) is 1.28. The number of benzene rings is 1. The number of nitrogens with zero attached hydrogens (tertiary/aromatic N) is 1. The van der Waals surface area contributed by atoms with Gasteiger partial charge in [0, 0.05) is 12.1 Å². The number of carbonyl (C=O) groups excluding carboxylic acids is 1. The molecule has 0 spiro atoms. The van der Waals surface area contributed by atoms with Gasteiger partial charge >= 0.3 is 5.97 Å². The third kappa shape index (κ3) is 4.14. The molecule has 0 unspecified atom stereocenters. The average molecular weight is 259 g/mol. The van der Waals surface area contributed by atoms with Gasteiger partial charge in [-0.1, -0.05) is 31.0 Å². The highest BCUT2D eigenvalue weighted by molar-refractivity contribution is 5.96. The number of aliphatic carboxylic acids is 1. The van der Waals surface area contributed by atoms with Crippen molar-refractivity contribution in [1.82, 2.24) is 4.90 Å². The number of hydrogen-bond acceptors (Lipinski definition) is 2. The third-order valence-corrected chi connectivity index (χ3v) is 2.65. The van der Waals surface area contributed by atoms with Crippen molar-refractivity contribution in [2.24, 2.45) is 0 Å². The van der Waals surface area contributed by atoms with Gasteiger partial charge in [-0.15, -0.1) is 6.42 Å². The second-order valence-electron chi connectivity index (χ2n) is 4.16. The maximum atomic E-state index is 12.4. The Morgan fingerprint density at radius 2 is 2.05 bits per heavy atom. The van der Waals surface area contributed by atoms with Crippen molar-refractivity contribution in [3.8, 4) is 12.3 Å². The maximum Gasteiger partial charge on any atom is 0.307 e. The summed E-state index contributed by atoms with van der Waals surface area (Å²) in [5.41, 5.74) is 0.923. The summed E-state index contributed by atoms with van der Waals surface area (Å²) in [6.07, 6.45) is 5.89. The molecule has 4 heteroatoms. The zero-order chi connectivity index (χ0) is 14.3. The normalized spacial score (nSPS) is 9.68. The quantitative estimate of drug-likeness (QED) is 0.792. The van der Waals surface area contributed by atoms with E-state index >= 15 is 0 Å². The van der Waals surface area contributed by atoms with E-state index in [2.05, 4.69) is 5.92 Å². The molecule has 100 valence electrons. The largest absolute Gasteiger partial charge is 0.481 e. The number of terminal acetylenes is 1. The fraction of sp³-hybridized carbons (Fsp3) is 0.333. The monoisotopic (exact) mass is 259 g/mol. The summed E-state index contributed by atoms with van der Waals surface area (Å²) in [4.78, 5) is 24.7. The van der Waals surface area contributed by atoms with Crippen LogP contribution in [0.5, 0.6) is 0 Å². The van der Waals surface area contributed by atoms with Gasteiger partial charge in [-0.05, 0) is 18.1 Å². The van der Waals surface area contributed by atoms with Gasteiger partial charge in [0.1, 0.15) is 0 Å². The molecule has 0 atom stereocenters. The zero-order valence-corrected chi connectivity index (χ0v) is 10.9. The Hall–Kier alpha value is -2.28. The van der Waals surface area contributed by atoms with Crippen LogP contribution in [0.25, 0.3) is 0 Å². The molecule has 1 rings (SSSR count). The lowest BCUT2D eigenvalue weighted by Crippen LogP contribution is -2.33. The average Bonchev–Trinajstić information content (AvgIpc) is 2.38. The van der Waals surface area contributed by atoms with Gasteiger partial charge in [-0.3, -0.25) is 9.59 Å². The summed E-state index contributed by atoms with van der Waals surface area (Å²) in [7, 11) is 0. The highest BCUT2D eigenvalue weighted by atomic mass is 16.4. The van der Waals surface area contributed by atoms with E-state index < -0.39 is 5.97 Å². The smallest absolute Gasteiger partial charge is 0.307 e. The molecule has 0 saturated heterocycles. The number of carboxylic acids is 1. The minimum absolute atomic E-state index is 0.169. The van der Waals surface area contributed by atoms with E-state index in [0.29, 0.717) is 17.7 Å². The molecule has 1 aromatic carbocycles. The van der Waals surface area contributed by atoms with Crippen LogP contribution in [0.15, 0.2) is 24.3 Å². The van der Waals surface area contributed by atoms with Gasteiger partial charge in [0.05, 0.1) is 13.0 Å². The van der Waals surface area contributed by atoms with E-state index in [-0.39, 0.29) is 18.9 Å². The molecule has 0 aliphatic rings. The molecular weight excluding hydrogens is 242 g/mol. The van der Waals surface area contributed by atoms with Crippen LogP contribution < -0.4 is 0 Å². The van der Waals surface area contributed by atoms with Gasteiger partial charge in [-0.2, -0.15) is 0 Å². The summed E-state index contributed by atoms with van der Waals surface area (Å²) >= 11 is 0. The summed E-state index contributed by atoms with van der Waals surface area (Å²) in [6, 6.07) is 6.74. The number of carbonyl (C=O) groups is 2. The molecule has 0 saturated carbocycles. The van der Waals surface area contributed by atoms with Crippen LogP contribution in [0.3, 0.4) is 0 Å². The second-order valence-corrected chi connectivity index (χ2v) is 4.16. The Kier molecular flexibility index (Phi) is 5.62. The molecule has 1 amide bonds. The lowest BCUT2D eigenvalue weighted by atomic mass is 10.0. The standard InChI is InChI=1S/C15H17NO3/c1-3-9-16(10-4-2)15(19)13-8-6-5-7-12(13)11-14(17)18/h1,5-8H,4,9-11H2,2H3,(H,17,18). The van der Waals surface area contributed by atoms with Crippen molar-refractivity contribution < 1.29 is 14.7 Å². The lowest BCUT2D eigenvalue weighted by molar-refractivity contribution is -0.136. The van der Waals surface area contributed by atoms with E-state index in [0.717, 1.165) is 6.42 Å². The SMILES string of the molecule is C#CCN(CCC)C(=O)c1ccccc1CC(=O)O. The number of hydrogen-bond donors (Lipinski definition) is 1. The van der Waals surface area contributed by atoms with Gasteiger partial charge in [-0.25, -0.2) is 0 Å². The van der Waals surface area contributed by atoms with Crippen LogP contribution in [0.1, 0.15) is 29.3 Å². The van der Waals surface area contributed by atoms with Gasteiger partial charge in [0.2, 0.25) is 0 Å². The zero-order valence-electron chi connectivity index (χ0n) is 10.9. The van der Waals surface area contributed by atoms with E-state index in [1.54, 1.807) is 29.2 Å². The van der Waals surface area contributed by atoms with Crippen molar-refractivity contribution in [3.63, 3.8) is 0 Å². The molecule has 0 aliphatic carbocycles. The van der Waals surface area contributed by atoms with Crippen LogP contribution in [0, 0.1) is 12.3 Å². The molecule has 4 nitrogen and oxygen atoms in total. The molecule has 0 fully saturated rings. The molecule has 1 N–H and O–H groups in total. The van der Waals surface area contributed by atoms with E-state index in [1.807, 2.05) is 6.92 Å². The number of amides is 1. The Morgan fingerprint density at radius 3 is 2.63 bits per heavy atom. The molecule has 0 aliphatic heterocycles. The second kappa shape index (κ2) is 7.22. The molecule has 1 aromatic rings. The summed E-state index contributed by atoms with van der Waals surface area (Å²) in [5, 5.41) is 8.86. The third-order valence-electron chi connectivity index (χ3n) is 2.65. The van der Waals surface area contributed by atoms with Crippen LogP contribution in [0.2, 0.25) is 0 Å². The molecule has 0 aromatic heterocycles. The molecule has 0 heterocycles. The molecule has 19 heavy (non-hydrogen) atoms. The first kappa shape index (κ1) is 14.8. The van der Waals surface area contributed by atoms with Crippen molar-refractivity contribution in [3.05, 3.63) is 35.4 Å². The van der Waals surface area contributed by atoms with Gasteiger partial charge in [0.25, 0.3) is 5.91 Å². The molecule has 0 radical (unpaired) electrons. The number of rotatable bonds is 6. The van der Waals surface area contributed by atoms with E-state index in [9.17, 15) is 9.59 Å². The topological polar surface area (TPSA) is 57.6 Å². The first-order valence-electron chi connectivity index (χ1n) is 6.12. The van der Waals surface area contributed by atoms with E-state index in [1.165, 1.54) is 0 Å². The molecule has 0 bridgehead atoms. The Bertz CT molecular complexity index is 502. The van der Waals surface area contributed by atoms with Crippen molar-refractivity contribution in [1.29, 1.82) is 0 Å². The van der Waals surface area contributed by atoms with Crippen molar-refractivity contribution in [2.75, 3.05) is 13.1 Å². The Balaban J connectivity index is 3.03. The summed E-state index contributed by atoms with van der Waals surface area (Å²) < 4.78 is 0.